The number of carbonyl (C=O) groups is 2. The summed E-state index contributed by atoms with van der Waals surface area (Å²) >= 11 is 0. The van der Waals surface area contributed by atoms with Gasteiger partial charge in [-0.3, -0.25) is 9.59 Å². The van der Waals surface area contributed by atoms with Crippen LogP contribution in [0.15, 0.2) is 60.7 Å². The highest BCUT2D eigenvalue weighted by atomic mass is 19.1. The Hall–Kier alpha value is -5.25. The van der Waals surface area contributed by atoms with Crippen LogP contribution in [-0.2, 0) is 0 Å². The number of nitrogens with one attached hydrogen (secondary N) is 2. The number of phenols is 2. The van der Waals surface area contributed by atoms with Gasteiger partial charge in [-0.1, -0.05) is 37.6 Å². The second kappa shape index (κ2) is 12.9. The molecule has 0 amide bonds. The first kappa shape index (κ1) is 30.2. The van der Waals surface area contributed by atoms with E-state index in [9.17, 15) is 19.8 Å². The molecule has 4 aromatic carbocycles. The van der Waals surface area contributed by atoms with Gasteiger partial charge in [-0.15, -0.1) is 0 Å². The Morgan fingerprint density at radius 3 is 1.68 bits per heavy atom. The number of anilines is 4. The number of ketones is 2. The molecule has 0 aromatic heterocycles. The summed E-state index contributed by atoms with van der Waals surface area (Å²) in [5, 5.41) is 27.5. The standard InChI is InChI=1S/C34H33FN2O7/c1-4-7-18-44-34-28-27(32(40)25-21(38)16-17-22(39)26(25)33(28)41)29(35)30(36-19-12-8-10-14-23(19)42-5-2)31(34)37-20-13-9-11-15-24(20)43-6-3/h8-17,36-39H,4-7,18H2,1-3H3. The van der Waals surface area contributed by atoms with E-state index in [4.69, 9.17) is 14.2 Å². The number of carbonyl (C=O) groups excluding carboxylic acids is 2. The lowest BCUT2D eigenvalue weighted by molar-refractivity contribution is 0.0967. The van der Waals surface area contributed by atoms with Crippen LogP contribution >= 0.6 is 0 Å². The molecule has 44 heavy (non-hydrogen) atoms. The Morgan fingerprint density at radius 1 is 0.659 bits per heavy atom. The largest absolute Gasteiger partial charge is 0.507 e. The quantitative estimate of drug-likeness (QED) is 0.0852. The van der Waals surface area contributed by atoms with E-state index in [0.29, 0.717) is 42.5 Å². The van der Waals surface area contributed by atoms with Gasteiger partial charge in [0.25, 0.3) is 0 Å². The van der Waals surface area contributed by atoms with Gasteiger partial charge < -0.3 is 35.1 Å². The molecule has 1 aliphatic rings. The minimum absolute atomic E-state index is 0.0278. The van der Waals surface area contributed by atoms with Crippen molar-refractivity contribution in [1.29, 1.82) is 0 Å². The van der Waals surface area contributed by atoms with E-state index in [2.05, 4.69) is 10.6 Å². The molecule has 0 heterocycles. The fourth-order valence-corrected chi connectivity index (χ4v) is 5.09. The first-order valence-electron chi connectivity index (χ1n) is 14.5. The number of halogens is 1. The summed E-state index contributed by atoms with van der Waals surface area (Å²) in [4.78, 5) is 28.0. The first-order chi connectivity index (χ1) is 21.3. The van der Waals surface area contributed by atoms with Crippen molar-refractivity contribution in [2.45, 2.75) is 33.6 Å². The number of unbranched alkanes of at least 4 members (excludes halogenated alkanes) is 1. The van der Waals surface area contributed by atoms with Crippen LogP contribution in [0.3, 0.4) is 0 Å². The first-order valence-corrected chi connectivity index (χ1v) is 14.5. The molecule has 10 heteroatoms. The zero-order valence-electron chi connectivity index (χ0n) is 24.6. The van der Waals surface area contributed by atoms with E-state index in [1.54, 1.807) is 48.5 Å². The molecule has 0 atom stereocenters. The summed E-state index contributed by atoms with van der Waals surface area (Å²) in [6.07, 6.45) is 1.36. The highest BCUT2D eigenvalue weighted by Gasteiger charge is 2.42. The van der Waals surface area contributed by atoms with Crippen molar-refractivity contribution in [3.63, 3.8) is 0 Å². The Bertz CT molecular complexity index is 1740. The molecule has 0 fully saturated rings. The van der Waals surface area contributed by atoms with Crippen LogP contribution in [0.2, 0.25) is 0 Å². The smallest absolute Gasteiger partial charge is 0.202 e. The normalized spacial score (nSPS) is 11.9. The zero-order valence-corrected chi connectivity index (χ0v) is 24.6. The highest BCUT2D eigenvalue weighted by Crippen LogP contribution is 2.50. The molecule has 0 bridgehead atoms. The number of para-hydroxylation sites is 4. The van der Waals surface area contributed by atoms with Gasteiger partial charge in [0.2, 0.25) is 11.6 Å². The molecule has 4 N–H and O–H groups in total. The van der Waals surface area contributed by atoms with Gasteiger partial charge in [-0.25, -0.2) is 4.39 Å². The highest BCUT2D eigenvalue weighted by molar-refractivity contribution is 6.32. The van der Waals surface area contributed by atoms with Crippen molar-refractivity contribution in [2.24, 2.45) is 0 Å². The number of hydrogen-bond donors (Lipinski definition) is 4. The Morgan fingerprint density at radius 2 is 1.16 bits per heavy atom. The van der Waals surface area contributed by atoms with E-state index < -0.39 is 45.6 Å². The molecule has 228 valence electrons. The number of phenolic OH excluding ortho intramolecular Hbond substituents is 2. The van der Waals surface area contributed by atoms with Crippen LogP contribution in [0.1, 0.15) is 65.5 Å². The zero-order chi connectivity index (χ0) is 31.4. The molecule has 0 saturated carbocycles. The average Bonchev–Trinajstić information content (AvgIpc) is 3.01. The van der Waals surface area contributed by atoms with Crippen molar-refractivity contribution < 1.29 is 38.4 Å². The summed E-state index contributed by atoms with van der Waals surface area (Å²) in [7, 11) is 0. The lowest BCUT2D eigenvalue weighted by Gasteiger charge is -2.27. The van der Waals surface area contributed by atoms with E-state index in [1.807, 2.05) is 20.8 Å². The Kier molecular flexibility index (Phi) is 8.89. The van der Waals surface area contributed by atoms with Gasteiger partial charge in [0.05, 0.1) is 53.4 Å². The Labute approximate surface area is 254 Å². The van der Waals surface area contributed by atoms with E-state index >= 15 is 4.39 Å². The topological polar surface area (TPSA) is 126 Å². The minimum atomic E-state index is -1.06. The molecule has 4 aromatic rings. The van der Waals surface area contributed by atoms with Crippen molar-refractivity contribution in [1.82, 2.24) is 0 Å². The van der Waals surface area contributed by atoms with Gasteiger partial charge in [0, 0.05) is 0 Å². The monoisotopic (exact) mass is 600 g/mol. The molecule has 1 aliphatic carbocycles. The second-order valence-electron chi connectivity index (χ2n) is 9.97. The number of benzene rings is 4. The van der Waals surface area contributed by atoms with Crippen molar-refractivity contribution >= 4 is 34.3 Å². The predicted molar refractivity (Wildman–Crippen MR) is 165 cm³/mol. The fourth-order valence-electron chi connectivity index (χ4n) is 5.09. The van der Waals surface area contributed by atoms with E-state index in [-0.39, 0.29) is 29.3 Å². The summed E-state index contributed by atoms with van der Waals surface area (Å²) < 4.78 is 34.7. The summed E-state index contributed by atoms with van der Waals surface area (Å²) in [5.41, 5.74) is -1.19. The average molecular weight is 601 g/mol. The number of hydrogen-bond acceptors (Lipinski definition) is 9. The van der Waals surface area contributed by atoms with Crippen LogP contribution in [-0.4, -0.2) is 41.6 Å². The maximum absolute atomic E-state index is 16.9. The van der Waals surface area contributed by atoms with Gasteiger partial charge in [0.1, 0.15) is 34.4 Å². The fraction of sp³-hybridized carbons (Fsp3) is 0.235. The Balaban J connectivity index is 1.83. The molecule has 0 unspecified atom stereocenters. The van der Waals surface area contributed by atoms with E-state index in [0.717, 1.165) is 18.6 Å². The third-order valence-electron chi connectivity index (χ3n) is 7.10. The van der Waals surface area contributed by atoms with Gasteiger partial charge in [-0.2, -0.15) is 0 Å². The minimum Gasteiger partial charge on any atom is -0.507 e. The lowest BCUT2D eigenvalue weighted by atomic mass is 9.81. The number of aromatic hydroxyl groups is 2. The number of fused-ring (bicyclic) bond motifs is 2. The predicted octanol–water partition coefficient (Wildman–Crippen LogP) is 7.48. The van der Waals surface area contributed by atoms with Gasteiger partial charge in [0.15, 0.2) is 11.6 Å². The molecule has 9 nitrogen and oxygen atoms in total. The molecule has 0 spiro atoms. The number of rotatable bonds is 12. The van der Waals surface area contributed by atoms with E-state index in [1.165, 1.54) is 0 Å². The van der Waals surface area contributed by atoms with Crippen LogP contribution in [0.4, 0.5) is 27.1 Å². The summed E-state index contributed by atoms with van der Waals surface area (Å²) in [5.74, 6) is -3.18. The summed E-state index contributed by atoms with van der Waals surface area (Å²) in [6, 6.07) is 16.1. The van der Waals surface area contributed by atoms with Crippen molar-refractivity contribution in [3.8, 4) is 28.7 Å². The SMILES string of the molecule is CCCCOc1c(Nc2ccccc2OCC)c(Nc2ccccc2OCC)c(F)c2c1C(=O)c1c(O)ccc(O)c1C2=O. The molecular formula is C34H33FN2O7. The third kappa shape index (κ3) is 5.46. The third-order valence-corrected chi connectivity index (χ3v) is 7.10. The lowest BCUT2D eigenvalue weighted by Crippen LogP contribution is -2.25. The van der Waals surface area contributed by atoms with Crippen molar-refractivity contribution in [2.75, 3.05) is 30.5 Å². The van der Waals surface area contributed by atoms with Crippen LogP contribution in [0, 0.1) is 5.82 Å². The van der Waals surface area contributed by atoms with Gasteiger partial charge in [-0.05, 0) is 56.7 Å². The molecule has 0 radical (unpaired) electrons. The molecular weight excluding hydrogens is 567 g/mol. The van der Waals surface area contributed by atoms with Crippen LogP contribution in [0.5, 0.6) is 28.7 Å². The maximum atomic E-state index is 16.9. The summed E-state index contributed by atoms with van der Waals surface area (Å²) in [6.45, 7) is 6.45. The maximum Gasteiger partial charge on any atom is 0.202 e. The molecule has 5 rings (SSSR count). The second-order valence-corrected chi connectivity index (χ2v) is 9.97. The number of ether oxygens (including phenoxy) is 3. The van der Waals surface area contributed by atoms with Crippen LogP contribution in [0.25, 0.3) is 0 Å². The molecule has 0 aliphatic heterocycles. The van der Waals surface area contributed by atoms with Crippen LogP contribution < -0.4 is 24.8 Å². The van der Waals surface area contributed by atoms with Crippen molar-refractivity contribution in [3.05, 3.63) is 88.7 Å². The van der Waals surface area contributed by atoms with Gasteiger partial charge >= 0.3 is 0 Å². The molecule has 0 saturated heterocycles.